The van der Waals surface area contributed by atoms with Crippen molar-refractivity contribution in [2.24, 2.45) is 0 Å². The van der Waals surface area contributed by atoms with Crippen LogP contribution in [0.1, 0.15) is 20.8 Å². The van der Waals surface area contributed by atoms with Crippen LogP contribution in [-0.4, -0.2) is 13.1 Å². The number of hydrogen-bond acceptors (Lipinski definition) is 1. The Labute approximate surface area is 105 Å². The summed E-state index contributed by atoms with van der Waals surface area (Å²) in [6, 6.07) is 16.8. The molecule has 1 heterocycles. The molecule has 0 bridgehead atoms. The number of nitrogens with zero attached hydrogens (tertiary/aromatic N) is 1. The minimum absolute atomic E-state index is 1.15. The topological polar surface area (TPSA) is 12.9 Å². The average molecular weight is 243 g/mol. The van der Waals surface area contributed by atoms with Gasteiger partial charge >= 0.3 is 0 Å². The van der Waals surface area contributed by atoms with Crippen LogP contribution in [0.2, 0.25) is 18.1 Å². The molecule has 0 aliphatic carbocycles. The molecule has 2 aromatic rings. The van der Waals surface area contributed by atoms with Crippen LogP contribution in [0.25, 0.3) is 10.9 Å². The molecule has 0 spiro atoms. The van der Waals surface area contributed by atoms with Crippen LogP contribution < -0.4 is 5.32 Å². The highest BCUT2D eigenvalue weighted by Gasteiger charge is 2.30. The molecule has 0 N–H and O–H groups in total. The van der Waals surface area contributed by atoms with E-state index in [1.807, 2.05) is 0 Å². The van der Waals surface area contributed by atoms with Gasteiger partial charge in [0.15, 0.2) is 0 Å². The molecule has 0 saturated carbocycles. The van der Waals surface area contributed by atoms with Gasteiger partial charge in [0.25, 0.3) is 0 Å². The summed E-state index contributed by atoms with van der Waals surface area (Å²) in [4.78, 5) is 4.92. The predicted octanol–water partition coefficient (Wildman–Crippen LogP) is 3.95. The monoisotopic (exact) mass is 243 g/mol. The van der Waals surface area contributed by atoms with Crippen molar-refractivity contribution in [2.75, 3.05) is 0 Å². The van der Waals surface area contributed by atoms with E-state index in [0.717, 1.165) is 5.52 Å². The Kier molecular flexibility index (Phi) is 3.62. The third-order valence-electron chi connectivity index (χ3n) is 4.17. The van der Waals surface area contributed by atoms with Gasteiger partial charge in [0.1, 0.15) is 8.07 Å². The van der Waals surface area contributed by atoms with Gasteiger partial charge < -0.3 is 0 Å². The van der Waals surface area contributed by atoms with Crippen molar-refractivity contribution in [1.82, 2.24) is 4.98 Å². The van der Waals surface area contributed by atoms with Crippen molar-refractivity contribution < 1.29 is 0 Å². The average Bonchev–Trinajstić information content (AvgIpc) is 2.41. The van der Waals surface area contributed by atoms with E-state index in [2.05, 4.69) is 57.2 Å². The Bertz CT molecular complexity index is 495. The molecule has 0 radical (unpaired) electrons. The van der Waals surface area contributed by atoms with Gasteiger partial charge in [-0.1, -0.05) is 63.2 Å². The molecule has 1 aromatic heterocycles. The Morgan fingerprint density at radius 1 is 0.882 bits per heavy atom. The van der Waals surface area contributed by atoms with E-state index in [1.54, 1.807) is 0 Å². The summed E-state index contributed by atoms with van der Waals surface area (Å²) in [5.41, 5.74) is 1.15. The fraction of sp³-hybridized carbons (Fsp3) is 0.400. The van der Waals surface area contributed by atoms with Crippen LogP contribution in [-0.2, 0) is 0 Å². The minimum atomic E-state index is -1.32. The van der Waals surface area contributed by atoms with E-state index in [9.17, 15) is 0 Å². The van der Waals surface area contributed by atoms with E-state index in [-0.39, 0.29) is 0 Å². The van der Waals surface area contributed by atoms with Gasteiger partial charge in [-0.2, -0.15) is 0 Å². The summed E-state index contributed by atoms with van der Waals surface area (Å²) in [5.74, 6) is 0. The quantitative estimate of drug-likeness (QED) is 0.741. The molecular formula is C15H21NSi. The molecule has 1 nitrogen and oxygen atoms in total. The maximum absolute atomic E-state index is 4.92. The molecule has 0 amide bonds. The highest BCUT2D eigenvalue weighted by molar-refractivity contribution is 6.91. The maximum atomic E-state index is 4.92. The molecule has 0 unspecified atom stereocenters. The summed E-state index contributed by atoms with van der Waals surface area (Å²) in [6.45, 7) is 6.99. The third kappa shape index (κ3) is 2.14. The largest absolute Gasteiger partial charge is 0.258 e. The zero-order chi connectivity index (χ0) is 12.3. The molecule has 1 aromatic carbocycles. The van der Waals surface area contributed by atoms with Gasteiger partial charge in [-0.15, -0.1) is 0 Å². The molecule has 90 valence electrons. The van der Waals surface area contributed by atoms with E-state index >= 15 is 0 Å². The van der Waals surface area contributed by atoms with E-state index in [0.29, 0.717) is 0 Å². The summed E-state index contributed by atoms with van der Waals surface area (Å²) in [6.07, 6.45) is 0. The lowest BCUT2D eigenvalue weighted by atomic mass is 10.2. The Balaban J connectivity index is 2.55. The van der Waals surface area contributed by atoms with Crippen LogP contribution >= 0.6 is 0 Å². The summed E-state index contributed by atoms with van der Waals surface area (Å²) >= 11 is 0. The minimum Gasteiger partial charge on any atom is -0.258 e. The first-order valence-electron chi connectivity index (χ1n) is 6.62. The lowest BCUT2D eigenvalue weighted by Crippen LogP contribution is -2.47. The molecule has 2 rings (SSSR count). The second-order valence-corrected chi connectivity index (χ2v) is 9.92. The Morgan fingerprint density at radius 2 is 1.53 bits per heavy atom. The van der Waals surface area contributed by atoms with Gasteiger partial charge in [0.2, 0.25) is 0 Å². The fourth-order valence-electron chi connectivity index (χ4n) is 2.65. The zero-order valence-electron chi connectivity index (χ0n) is 11.0. The van der Waals surface area contributed by atoms with Gasteiger partial charge in [0, 0.05) is 10.7 Å². The first kappa shape index (κ1) is 12.3. The van der Waals surface area contributed by atoms with Gasteiger partial charge in [-0.05, 0) is 12.1 Å². The summed E-state index contributed by atoms with van der Waals surface area (Å²) in [7, 11) is -1.32. The lowest BCUT2D eigenvalue weighted by Gasteiger charge is -2.27. The number of benzene rings is 1. The zero-order valence-corrected chi connectivity index (χ0v) is 12.0. The highest BCUT2D eigenvalue weighted by Crippen LogP contribution is 2.20. The second-order valence-electron chi connectivity index (χ2n) is 4.73. The highest BCUT2D eigenvalue weighted by atomic mass is 28.3. The number of rotatable bonds is 4. The summed E-state index contributed by atoms with van der Waals surface area (Å²) in [5, 5.41) is 2.64. The standard InChI is InChI=1S/C15H21NSi/c1-4-17(5-2,6-3)15-12-11-13-9-7-8-10-14(13)16-15/h7-12H,4-6H2,1-3H3. The van der Waals surface area contributed by atoms with Crippen molar-refractivity contribution >= 4 is 24.3 Å². The normalized spacial score (nSPS) is 11.9. The van der Waals surface area contributed by atoms with Crippen molar-refractivity contribution in [1.29, 1.82) is 0 Å². The second kappa shape index (κ2) is 5.01. The molecule has 17 heavy (non-hydrogen) atoms. The third-order valence-corrected chi connectivity index (χ3v) is 9.60. The molecule has 0 aliphatic rings. The van der Waals surface area contributed by atoms with Gasteiger partial charge in [-0.25, -0.2) is 0 Å². The van der Waals surface area contributed by atoms with Gasteiger partial charge in [0.05, 0.1) is 5.52 Å². The maximum Gasteiger partial charge on any atom is 0.110 e. The fourth-order valence-corrected chi connectivity index (χ4v) is 6.04. The predicted molar refractivity (Wildman–Crippen MR) is 78.6 cm³/mol. The van der Waals surface area contributed by atoms with Crippen LogP contribution in [0.4, 0.5) is 0 Å². The first-order valence-corrected chi connectivity index (χ1v) is 9.24. The van der Waals surface area contributed by atoms with Crippen molar-refractivity contribution in [3.63, 3.8) is 0 Å². The molecule has 0 atom stereocenters. The smallest absolute Gasteiger partial charge is 0.110 e. The number of fused-ring (bicyclic) bond motifs is 1. The van der Waals surface area contributed by atoms with Crippen LogP contribution in [0.15, 0.2) is 36.4 Å². The van der Waals surface area contributed by atoms with Crippen LogP contribution in [0.5, 0.6) is 0 Å². The first-order chi connectivity index (χ1) is 8.25. The Morgan fingerprint density at radius 3 is 2.18 bits per heavy atom. The number of pyridine rings is 1. The Hall–Kier alpha value is -1.15. The molecule has 0 aliphatic heterocycles. The van der Waals surface area contributed by atoms with Gasteiger partial charge in [-0.3, -0.25) is 4.98 Å². The van der Waals surface area contributed by atoms with E-state index in [4.69, 9.17) is 4.98 Å². The molecule has 2 heteroatoms. The molecule has 0 saturated heterocycles. The SMILES string of the molecule is CC[Si](CC)(CC)c1ccc2ccccc2n1. The summed E-state index contributed by atoms with van der Waals surface area (Å²) < 4.78 is 0. The van der Waals surface area contributed by atoms with E-state index < -0.39 is 8.07 Å². The number of para-hydroxylation sites is 1. The molecule has 0 fully saturated rings. The van der Waals surface area contributed by atoms with Crippen molar-refractivity contribution in [2.45, 2.75) is 38.9 Å². The van der Waals surface area contributed by atoms with E-state index in [1.165, 1.54) is 28.8 Å². The molecular weight excluding hydrogens is 222 g/mol. The van der Waals surface area contributed by atoms with Crippen molar-refractivity contribution in [3.05, 3.63) is 36.4 Å². The lowest BCUT2D eigenvalue weighted by molar-refractivity contribution is 1.18. The number of hydrogen-bond donors (Lipinski definition) is 0. The van der Waals surface area contributed by atoms with Crippen LogP contribution in [0, 0.1) is 0 Å². The van der Waals surface area contributed by atoms with Crippen LogP contribution in [0.3, 0.4) is 0 Å². The number of aromatic nitrogens is 1. The van der Waals surface area contributed by atoms with Crippen molar-refractivity contribution in [3.8, 4) is 0 Å².